The van der Waals surface area contributed by atoms with Crippen molar-refractivity contribution in [3.8, 4) is 0 Å². The normalized spacial score (nSPS) is 10.3. The summed E-state index contributed by atoms with van der Waals surface area (Å²) in [7, 11) is 0. The predicted octanol–water partition coefficient (Wildman–Crippen LogP) is 2.94. The molecule has 0 saturated heterocycles. The number of rotatable bonds is 5. The monoisotopic (exact) mass is 268 g/mol. The zero-order valence-electron chi connectivity index (χ0n) is 11.9. The standard InChI is InChI=1S/C17H20N2O/c1-12-3-6-15(13(2)9-12)11-19-16-7-4-14(5-8-16)10-17(18)20/h3-9,19H,10-11H2,1-2H3,(H2,18,20). The van der Waals surface area contributed by atoms with Gasteiger partial charge in [-0.05, 0) is 42.7 Å². The van der Waals surface area contributed by atoms with Gasteiger partial charge in [0.1, 0.15) is 0 Å². The molecule has 2 aromatic rings. The Bertz CT molecular complexity index is 603. The van der Waals surface area contributed by atoms with Crippen LogP contribution in [0.4, 0.5) is 5.69 Å². The van der Waals surface area contributed by atoms with Crippen LogP contribution in [0.15, 0.2) is 42.5 Å². The lowest BCUT2D eigenvalue weighted by atomic mass is 10.1. The molecule has 3 heteroatoms. The van der Waals surface area contributed by atoms with Crippen molar-refractivity contribution in [3.63, 3.8) is 0 Å². The van der Waals surface area contributed by atoms with Gasteiger partial charge in [0.25, 0.3) is 0 Å². The zero-order valence-corrected chi connectivity index (χ0v) is 11.9. The van der Waals surface area contributed by atoms with Crippen LogP contribution in [0.5, 0.6) is 0 Å². The lowest BCUT2D eigenvalue weighted by molar-refractivity contribution is -0.117. The molecule has 0 aliphatic heterocycles. The third-order valence-electron chi connectivity index (χ3n) is 3.31. The largest absolute Gasteiger partial charge is 0.381 e. The van der Waals surface area contributed by atoms with Crippen LogP contribution in [0.2, 0.25) is 0 Å². The van der Waals surface area contributed by atoms with E-state index in [4.69, 9.17) is 5.73 Å². The summed E-state index contributed by atoms with van der Waals surface area (Å²) in [6.07, 6.45) is 0.289. The maximum Gasteiger partial charge on any atom is 0.221 e. The van der Waals surface area contributed by atoms with E-state index in [1.54, 1.807) is 0 Å². The summed E-state index contributed by atoms with van der Waals surface area (Å²) < 4.78 is 0. The Kier molecular flexibility index (Phi) is 4.41. The van der Waals surface area contributed by atoms with E-state index in [0.29, 0.717) is 0 Å². The van der Waals surface area contributed by atoms with E-state index in [9.17, 15) is 4.79 Å². The topological polar surface area (TPSA) is 55.1 Å². The van der Waals surface area contributed by atoms with Crippen molar-refractivity contribution < 1.29 is 4.79 Å². The zero-order chi connectivity index (χ0) is 14.5. The van der Waals surface area contributed by atoms with Gasteiger partial charge in [-0.15, -0.1) is 0 Å². The molecule has 0 radical (unpaired) electrons. The summed E-state index contributed by atoms with van der Waals surface area (Å²) in [4.78, 5) is 10.8. The molecule has 0 atom stereocenters. The first kappa shape index (κ1) is 14.1. The fourth-order valence-corrected chi connectivity index (χ4v) is 2.18. The fourth-order valence-electron chi connectivity index (χ4n) is 2.18. The summed E-state index contributed by atoms with van der Waals surface area (Å²) in [5.74, 6) is -0.305. The first-order chi connectivity index (χ1) is 9.54. The van der Waals surface area contributed by atoms with E-state index in [2.05, 4.69) is 37.4 Å². The van der Waals surface area contributed by atoms with Crippen LogP contribution in [-0.2, 0) is 17.8 Å². The molecule has 3 N–H and O–H groups in total. The Morgan fingerprint density at radius 3 is 2.40 bits per heavy atom. The van der Waals surface area contributed by atoms with Crippen molar-refractivity contribution in [2.24, 2.45) is 5.73 Å². The molecule has 3 nitrogen and oxygen atoms in total. The van der Waals surface area contributed by atoms with Crippen molar-refractivity contribution in [2.75, 3.05) is 5.32 Å². The number of nitrogens with one attached hydrogen (secondary N) is 1. The average molecular weight is 268 g/mol. The number of hydrogen-bond acceptors (Lipinski definition) is 2. The molecule has 0 bridgehead atoms. The third kappa shape index (κ3) is 3.85. The van der Waals surface area contributed by atoms with Gasteiger partial charge in [0.15, 0.2) is 0 Å². The van der Waals surface area contributed by atoms with Gasteiger partial charge >= 0.3 is 0 Å². The molecule has 20 heavy (non-hydrogen) atoms. The quantitative estimate of drug-likeness (QED) is 0.876. The fraction of sp³-hybridized carbons (Fsp3) is 0.235. The lowest BCUT2D eigenvalue weighted by Crippen LogP contribution is -2.13. The van der Waals surface area contributed by atoms with E-state index >= 15 is 0 Å². The number of hydrogen-bond donors (Lipinski definition) is 2. The minimum Gasteiger partial charge on any atom is -0.381 e. The molecule has 0 saturated carbocycles. The van der Waals surface area contributed by atoms with E-state index in [0.717, 1.165) is 17.8 Å². The summed E-state index contributed by atoms with van der Waals surface area (Å²) >= 11 is 0. The highest BCUT2D eigenvalue weighted by molar-refractivity contribution is 5.76. The number of carbonyl (C=O) groups is 1. The average Bonchev–Trinajstić information content (AvgIpc) is 2.39. The Morgan fingerprint density at radius 1 is 1.10 bits per heavy atom. The Morgan fingerprint density at radius 2 is 1.80 bits per heavy atom. The Labute approximate surface area is 119 Å². The first-order valence-corrected chi connectivity index (χ1v) is 6.72. The van der Waals surface area contributed by atoms with Crippen LogP contribution in [0.1, 0.15) is 22.3 Å². The van der Waals surface area contributed by atoms with Crippen molar-refractivity contribution in [1.29, 1.82) is 0 Å². The number of aryl methyl sites for hydroxylation is 2. The van der Waals surface area contributed by atoms with Crippen LogP contribution in [-0.4, -0.2) is 5.91 Å². The highest BCUT2D eigenvalue weighted by Crippen LogP contribution is 2.14. The smallest absolute Gasteiger partial charge is 0.221 e. The van der Waals surface area contributed by atoms with E-state index in [1.807, 2.05) is 24.3 Å². The lowest BCUT2D eigenvalue weighted by Gasteiger charge is -2.10. The van der Waals surface area contributed by atoms with E-state index in [1.165, 1.54) is 16.7 Å². The van der Waals surface area contributed by atoms with Crippen LogP contribution >= 0.6 is 0 Å². The van der Waals surface area contributed by atoms with Gasteiger partial charge in [-0.2, -0.15) is 0 Å². The predicted molar refractivity (Wildman–Crippen MR) is 82.6 cm³/mol. The van der Waals surface area contributed by atoms with E-state index in [-0.39, 0.29) is 12.3 Å². The van der Waals surface area contributed by atoms with Gasteiger partial charge in [0.2, 0.25) is 5.91 Å². The van der Waals surface area contributed by atoms with Crippen LogP contribution in [0.3, 0.4) is 0 Å². The molecule has 0 fully saturated rings. The molecule has 2 aromatic carbocycles. The highest BCUT2D eigenvalue weighted by Gasteiger charge is 2.01. The highest BCUT2D eigenvalue weighted by atomic mass is 16.1. The summed E-state index contributed by atoms with van der Waals surface area (Å²) in [6, 6.07) is 14.3. The number of benzene rings is 2. The molecule has 0 spiro atoms. The Balaban J connectivity index is 1.98. The SMILES string of the molecule is Cc1ccc(CNc2ccc(CC(N)=O)cc2)c(C)c1. The van der Waals surface area contributed by atoms with Crippen molar-refractivity contribution in [1.82, 2.24) is 0 Å². The van der Waals surface area contributed by atoms with Crippen LogP contribution in [0.25, 0.3) is 0 Å². The summed E-state index contributed by atoms with van der Waals surface area (Å²) in [5, 5.41) is 3.39. The maximum absolute atomic E-state index is 10.8. The van der Waals surface area contributed by atoms with Gasteiger partial charge < -0.3 is 11.1 Å². The molecule has 104 valence electrons. The second kappa shape index (κ2) is 6.24. The molecular formula is C17H20N2O. The van der Waals surface area contributed by atoms with Crippen molar-refractivity contribution in [3.05, 3.63) is 64.7 Å². The number of nitrogens with two attached hydrogens (primary N) is 1. The third-order valence-corrected chi connectivity index (χ3v) is 3.31. The number of carbonyl (C=O) groups excluding carboxylic acids is 1. The number of anilines is 1. The molecular weight excluding hydrogens is 248 g/mol. The molecule has 1 amide bonds. The maximum atomic E-state index is 10.8. The van der Waals surface area contributed by atoms with Gasteiger partial charge in [-0.3, -0.25) is 4.79 Å². The molecule has 0 aliphatic carbocycles. The van der Waals surface area contributed by atoms with Gasteiger partial charge in [-0.25, -0.2) is 0 Å². The van der Waals surface area contributed by atoms with Gasteiger partial charge in [0, 0.05) is 12.2 Å². The van der Waals surface area contributed by atoms with Crippen LogP contribution < -0.4 is 11.1 Å². The molecule has 0 heterocycles. The molecule has 0 aromatic heterocycles. The van der Waals surface area contributed by atoms with Gasteiger partial charge in [-0.1, -0.05) is 35.9 Å². The molecule has 0 unspecified atom stereocenters. The summed E-state index contributed by atoms with van der Waals surface area (Å²) in [6.45, 7) is 5.02. The molecule has 2 rings (SSSR count). The minimum atomic E-state index is -0.305. The second-order valence-electron chi connectivity index (χ2n) is 5.12. The van der Waals surface area contributed by atoms with E-state index < -0.39 is 0 Å². The van der Waals surface area contributed by atoms with Crippen molar-refractivity contribution >= 4 is 11.6 Å². The van der Waals surface area contributed by atoms with Crippen molar-refractivity contribution in [2.45, 2.75) is 26.8 Å². The van der Waals surface area contributed by atoms with Gasteiger partial charge in [0.05, 0.1) is 6.42 Å². The number of primary amides is 1. The summed E-state index contributed by atoms with van der Waals surface area (Å²) in [5.41, 5.74) is 11.0. The second-order valence-corrected chi connectivity index (χ2v) is 5.12. The molecule has 0 aliphatic rings. The van der Waals surface area contributed by atoms with Crippen LogP contribution in [0, 0.1) is 13.8 Å². The minimum absolute atomic E-state index is 0.289. The first-order valence-electron chi connectivity index (χ1n) is 6.72. The Hall–Kier alpha value is -2.29. The number of amides is 1.